The zero-order valence-electron chi connectivity index (χ0n) is 8.08. The molecule has 0 aromatic carbocycles. The fourth-order valence-corrected chi connectivity index (χ4v) is 3.11. The molecule has 0 aromatic rings. The maximum Gasteiger partial charge on any atom is 0.145 e. The topological polar surface area (TPSA) is 49.7 Å². The highest BCUT2D eigenvalue weighted by atomic mass is 16.4. The fraction of sp³-hybridized carbons (Fsp3) is 0.800. The lowest BCUT2D eigenvalue weighted by molar-refractivity contribution is -0.125. The SMILES string of the molecule is CC1(C)C2CCC1(C=NO)C(=O)C2. The molecule has 0 radical (unpaired) electrons. The van der Waals surface area contributed by atoms with Crippen molar-refractivity contribution in [2.45, 2.75) is 33.1 Å². The van der Waals surface area contributed by atoms with E-state index in [0.717, 1.165) is 12.8 Å². The Balaban J connectivity index is 2.49. The third-order valence-corrected chi connectivity index (χ3v) is 4.27. The van der Waals surface area contributed by atoms with Gasteiger partial charge in [0.05, 0.1) is 11.6 Å². The lowest BCUT2D eigenvalue weighted by Crippen LogP contribution is -2.37. The van der Waals surface area contributed by atoms with E-state index in [1.54, 1.807) is 0 Å². The highest BCUT2D eigenvalue weighted by molar-refractivity contribution is 6.03. The van der Waals surface area contributed by atoms with Crippen LogP contribution < -0.4 is 0 Å². The second kappa shape index (κ2) is 2.34. The van der Waals surface area contributed by atoms with Crippen molar-refractivity contribution in [3.8, 4) is 0 Å². The number of carbonyl (C=O) groups excluding carboxylic acids is 1. The number of rotatable bonds is 1. The zero-order chi connectivity index (χ0) is 9.69. The van der Waals surface area contributed by atoms with Crippen LogP contribution in [0, 0.1) is 16.7 Å². The van der Waals surface area contributed by atoms with Gasteiger partial charge in [0.1, 0.15) is 5.78 Å². The largest absolute Gasteiger partial charge is 0.411 e. The van der Waals surface area contributed by atoms with Gasteiger partial charge in [-0.1, -0.05) is 13.8 Å². The van der Waals surface area contributed by atoms with E-state index in [9.17, 15) is 4.79 Å². The Labute approximate surface area is 77.8 Å². The molecule has 3 heteroatoms. The summed E-state index contributed by atoms with van der Waals surface area (Å²) in [5.74, 6) is 0.740. The third kappa shape index (κ3) is 0.798. The van der Waals surface area contributed by atoms with Gasteiger partial charge in [0.15, 0.2) is 0 Å². The predicted octanol–water partition coefficient (Wildman–Crippen LogP) is 1.84. The summed E-state index contributed by atoms with van der Waals surface area (Å²) in [5.41, 5.74) is -0.483. The van der Waals surface area contributed by atoms with E-state index >= 15 is 0 Å². The number of oxime groups is 1. The van der Waals surface area contributed by atoms with Crippen LogP contribution in [0.3, 0.4) is 0 Å². The number of hydrogen-bond acceptors (Lipinski definition) is 3. The first-order valence-corrected chi connectivity index (χ1v) is 4.76. The van der Waals surface area contributed by atoms with Gasteiger partial charge in [0.2, 0.25) is 0 Å². The van der Waals surface area contributed by atoms with Gasteiger partial charge in [0, 0.05) is 6.42 Å². The minimum Gasteiger partial charge on any atom is -0.411 e. The van der Waals surface area contributed by atoms with E-state index in [4.69, 9.17) is 5.21 Å². The van der Waals surface area contributed by atoms with Gasteiger partial charge in [-0.05, 0) is 24.2 Å². The third-order valence-electron chi connectivity index (χ3n) is 4.27. The Morgan fingerprint density at radius 3 is 2.69 bits per heavy atom. The predicted molar refractivity (Wildman–Crippen MR) is 48.8 cm³/mol. The van der Waals surface area contributed by atoms with E-state index in [2.05, 4.69) is 19.0 Å². The van der Waals surface area contributed by atoms with Gasteiger partial charge in [-0.25, -0.2) is 0 Å². The van der Waals surface area contributed by atoms with Crippen molar-refractivity contribution in [3.05, 3.63) is 0 Å². The van der Waals surface area contributed by atoms with Crippen molar-refractivity contribution in [1.82, 2.24) is 0 Å². The molecule has 0 amide bonds. The summed E-state index contributed by atoms with van der Waals surface area (Å²) in [7, 11) is 0. The standard InChI is InChI=1S/C10H15NO2/c1-9(2)7-3-4-10(9,6-11-13)8(12)5-7/h6-7,13H,3-5H2,1-2H3. The van der Waals surface area contributed by atoms with Crippen LogP contribution in [0.25, 0.3) is 0 Å². The van der Waals surface area contributed by atoms with Gasteiger partial charge in [-0.3, -0.25) is 4.79 Å². The quantitative estimate of drug-likeness (QED) is 0.381. The minimum absolute atomic E-state index is 0.0175. The van der Waals surface area contributed by atoms with Gasteiger partial charge >= 0.3 is 0 Å². The molecule has 0 saturated heterocycles. The van der Waals surface area contributed by atoms with Crippen LogP contribution in [0.2, 0.25) is 0 Å². The summed E-state index contributed by atoms with van der Waals surface area (Å²) in [4.78, 5) is 11.8. The van der Waals surface area contributed by atoms with Crippen LogP contribution in [0.1, 0.15) is 33.1 Å². The first-order valence-electron chi connectivity index (χ1n) is 4.76. The maximum absolute atomic E-state index is 11.8. The van der Waals surface area contributed by atoms with Crippen LogP contribution in [0.4, 0.5) is 0 Å². The van der Waals surface area contributed by atoms with Crippen molar-refractivity contribution in [3.63, 3.8) is 0 Å². The molecule has 2 rings (SSSR count). The second-order valence-corrected chi connectivity index (χ2v) is 4.80. The molecule has 2 bridgehead atoms. The molecule has 0 heterocycles. The van der Waals surface area contributed by atoms with Crippen molar-refractivity contribution in [2.24, 2.45) is 21.9 Å². The molecule has 0 aromatic heterocycles. The summed E-state index contributed by atoms with van der Waals surface area (Å²) in [6, 6.07) is 0. The molecule has 0 aliphatic heterocycles. The first-order chi connectivity index (χ1) is 6.04. The Morgan fingerprint density at radius 1 is 1.62 bits per heavy atom. The summed E-state index contributed by atoms with van der Waals surface area (Å²) < 4.78 is 0. The Hall–Kier alpha value is -0.860. The molecule has 2 atom stereocenters. The van der Waals surface area contributed by atoms with E-state index in [0.29, 0.717) is 12.3 Å². The highest BCUT2D eigenvalue weighted by Crippen LogP contribution is 2.62. The number of nitrogens with zero attached hydrogens (tertiary/aromatic N) is 1. The molecule has 2 unspecified atom stereocenters. The number of fused-ring (bicyclic) bond motifs is 2. The number of hydrogen-bond donors (Lipinski definition) is 1. The van der Waals surface area contributed by atoms with Crippen molar-refractivity contribution >= 4 is 12.0 Å². The average molecular weight is 181 g/mol. The Morgan fingerprint density at radius 2 is 2.31 bits per heavy atom. The molecule has 3 nitrogen and oxygen atoms in total. The number of carbonyl (C=O) groups is 1. The zero-order valence-corrected chi connectivity index (χ0v) is 8.08. The van der Waals surface area contributed by atoms with E-state index < -0.39 is 5.41 Å². The number of ketones is 1. The van der Waals surface area contributed by atoms with Crippen molar-refractivity contribution in [2.75, 3.05) is 0 Å². The molecule has 13 heavy (non-hydrogen) atoms. The number of Topliss-reactive ketones (excluding diaryl/α,β-unsaturated/α-hetero) is 1. The molecule has 2 saturated carbocycles. The van der Waals surface area contributed by atoms with E-state index in [1.807, 2.05) is 0 Å². The van der Waals surface area contributed by atoms with Crippen LogP contribution in [-0.4, -0.2) is 17.2 Å². The van der Waals surface area contributed by atoms with Crippen molar-refractivity contribution in [1.29, 1.82) is 0 Å². The Bertz CT molecular complexity index is 283. The Kier molecular flexibility index (Phi) is 1.57. The summed E-state index contributed by atoms with van der Waals surface area (Å²) in [6.45, 7) is 4.22. The van der Waals surface area contributed by atoms with Gasteiger partial charge < -0.3 is 5.21 Å². The van der Waals surface area contributed by atoms with Crippen molar-refractivity contribution < 1.29 is 10.0 Å². The van der Waals surface area contributed by atoms with Gasteiger partial charge in [-0.15, -0.1) is 5.16 Å². The summed E-state index contributed by atoms with van der Waals surface area (Å²) in [6.07, 6.45) is 4.07. The van der Waals surface area contributed by atoms with Crippen LogP contribution >= 0.6 is 0 Å². The molecular weight excluding hydrogens is 166 g/mol. The normalized spacial score (nSPS) is 42.0. The molecule has 2 aliphatic carbocycles. The summed E-state index contributed by atoms with van der Waals surface area (Å²) >= 11 is 0. The van der Waals surface area contributed by atoms with E-state index in [1.165, 1.54) is 6.21 Å². The molecule has 72 valence electrons. The minimum atomic E-state index is -0.466. The summed E-state index contributed by atoms with van der Waals surface area (Å²) in [5, 5.41) is 11.7. The molecule has 1 N–H and O–H groups in total. The van der Waals surface area contributed by atoms with E-state index in [-0.39, 0.29) is 11.2 Å². The van der Waals surface area contributed by atoms with Gasteiger partial charge in [0.25, 0.3) is 0 Å². The average Bonchev–Trinajstić information content (AvgIpc) is 2.38. The first kappa shape index (κ1) is 8.73. The monoisotopic (exact) mass is 181 g/mol. The van der Waals surface area contributed by atoms with Crippen LogP contribution in [0.5, 0.6) is 0 Å². The lowest BCUT2D eigenvalue weighted by Gasteiger charge is -2.32. The smallest absolute Gasteiger partial charge is 0.145 e. The second-order valence-electron chi connectivity index (χ2n) is 4.80. The molecule has 2 aliphatic rings. The van der Waals surface area contributed by atoms with Gasteiger partial charge in [-0.2, -0.15) is 0 Å². The fourth-order valence-electron chi connectivity index (χ4n) is 3.11. The highest BCUT2D eigenvalue weighted by Gasteiger charge is 2.63. The maximum atomic E-state index is 11.8. The van der Waals surface area contributed by atoms with Crippen LogP contribution in [-0.2, 0) is 4.79 Å². The lowest BCUT2D eigenvalue weighted by atomic mass is 9.70. The molecular formula is C10H15NO2. The van der Waals surface area contributed by atoms with Crippen LogP contribution in [0.15, 0.2) is 5.16 Å². The molecule has 0 spiro atoms. The molecule has 2 fully saturated rings.